The zero-order chi connectivity index (χ0) is 15.2. The molecule has 116 valence electrons. The zero-order valence-corrected chi connectivity index (χ0v) is 13.7. The Bertz CT molecular complexity index is 550. The van der Waals surface area contributed by atoms with E-state index < -0.39 is 5.60 Å². The van der Waals surface area contributed by atoms with E-state index in [0.717, 1.165) is 37.9 Å². The van der Waals surface area contributed by atoms with Crippen molar-refractivity contribution in [2.45, 2.75) is 64.0 Å². The summed E-state index contributed by atoms with van der Waals surface area (Å²) < 4.78 is 5.56. The summed E-state index contributed by atoms with van der Waals surface area (Å²) in [6.07, 6.45) is 3.84. The van der Waals surface area contributed by atoms with E-state index in [0.29, 0.717) is 11.0 Å². The number of carbonyl (C=O) groups is 1. The Morgan fingerprint density at radius 3 is 2.90 bits per heavy atom. The van der Waals surface area contributed by atoms with Gasteiger partial charge >= 0.3 is 6.09 Å². The van der Waals surface area contributed by atoms with Gasteiger partial charge in [0.1, 0.15) is 5.60 Å². The highest BCUT2D eigenvalue weighted by Gasteiger charge is 2.41. The maximum absolute atomic E-state index is 12.4. The average molecular weight is 309 g/mol. The number of anilines is 1. The fraction of sp³-hybridized carbons (Fsp3) is 0.733. The van der Waals surface area contributed by atoms with Crippen LogP contribution in [0.15, 0.2) is 0 Å². The molecule has 0 radical (unpaired) electrons. The first-order valence-corrected chi connectivity index (χ1v) is 8.41. The van der Waals surface area contributed by atoms with E-state index in [9.17, 15) is 4.79 Å². The Labute approximate surface area is 129 Å². The highest BCUT2D eigenvalue weighted by molar-refractivity contribution is 7.15. The van der Waals surface area contributed by atoms with Crippen LogP contribution in [0.4, 0.5) is 9.93 Å². The van der Waals surface area contributed by atoms with Gasteiger partial charge in [0.05, 0.1) is 5.69 Å². The maximum Gasteiger partial charge on any atom is 0.410 e. The first-order chi connectivity index (χ1) is 9.85. The normalized spacial score (nSPS) is 25.2. The van der Waals surface area contributed by atoms with Crippen LogP contribution in [0.25, 0.3) is 0 Å². The predicted molar refractivity (Wildman–Crippen MR) is 83.6 cm³/mol. The first-order valence-electron chi connectivity index (χ1n) is 7.60. The van der Waals surface area contributed by atoms with E-state index in [-0.39, 0.29) is 12.1 Å². The molecule has 0 spiro atoms. The van der Waals surface area contributed by atoms with Gasteiger partial charge in [-0.1, -0.05) is 0 Å². The lowest BCUT2D eigenvalue weighted by atomic mass is 9.79. The van der Waals surface area contributed by atoms with E-state index >= 15 is 0 Å². The lowest BCUT2D eigenvalue weighted by Gasteiger charge is -2.43. The Kier molecular flexibility index (Phi) is 3.59. The Morgan fingerprint density at radius 1 is 1.43 bits per heavy atom. The molecule has 1 aliphatic carbocycles. The van der Waals surface area contributed by atoms with Crippen molar-refractivity contribution in [2.24, 2.45) is 0 Å². The van der Waals surface area contributed by atoms with Gasteiger partial charge in [-0.3, -0.25) is 0 Å². The number of piperidine rings is 1. The van der Waals surface area contributed by atoms with E-state index in [1.165, 1.54) is 4.88 Å². The van der Waals surface area contributed by atoms with Crippen LogP contribution < -0.4 is 5.73 Å². The number of nitrogens with zero attached hydrogens (tertiary/aromatic N) is 2. The first kappa shape index (κ1) is 14.6. The molecule has 0 saturated carbocycles. The molecule has 2 aliphatic rings. The third-order valence-corrected chi connectivity index (χ3v) is 5.13. The molecule has 3 rings (SSSR count). The van der Waals surface area contributed by atoms with Gasteiger partial charge < -0.3 is 15.4 Å². The number of nitrogen functional groups attached to an aromatic ring is 1. The predicted octanol–water partition coefficient (Wildman–Crippen LogP) is 3.15. The van der Waals surface area contributed by atoms with E-state index in [1.54, 1.807) is 11.3 Å². The number of likely N-dealkylation sites (tertiary alicyclic amines) is 1. The average Bonchev–Trinajstić information content (AvgIpc) is 2.76. The van der Waals surface area contributed by atoms with Crippen molar-refractivity contribution in [3.63, 3.8) is 0 Å². The quantitative estimate of drug-likeness (QED) is 0.799. The van der Waals surface area contributed by atoms with Gasteiger partial charge in [0, 0.05) is 23.4 Å². The molecule has 1 aromatic rings. The molecule has 5 nitrogen and oxygen atoms in total. The van der Waals surface area contributed by atoms with Crippen molar-refractivity contribution in [1.29, 1.82) is 0 Å². The van der Waals surface area contributed by atoms with Gasteiger partial charge in [0.25, 0.3) is 0 Å². The van der Waals surface area contributed by atoms with Crippen LogP contribution in [-0.2, 0) is 11.2 Å². The number of aromatic nitrogens is 1. The minimum atomic E-state index is -0.449. The number of thiazole rings is 1. The summed E-state index contributed by atoms with van der Waals surface area (Å²) in [5.74, 6) is 0.323. The second-order valence-corrected chi connectivity index (χ2v) is 8.00. The SMILES string of the molecule is CC(C)(C)OC(=O)N1CCCC2c3nc(N)sc3CCC21. The highest BCUT2D eigenvalue weighted by atomic mass is 32.1. The minimum absolute atomic E-state index is 0.191. The van der Waals surface area contributed by atoms with Crippen molar-refractivity contribution in [2.75, 3.05) is 12.3 Å². The second kappa shape index (κ2) is 5.16. The molecule has 0 aromatic carbocycles. The van der Waals surface area contributed by atoms with Gasteiger partial charge in [-0.15, -0.1) is 11.3 Å². The van der Waals surface area contributed by atoms with Gasteiger partial charge in [0.2, 0.25) is 0 Å². The van der Waals surface area contributed by atoms with E-state index in [4.69, 9.17) is 10.5 Å². The molecule has 2 atom stereocenters. The third kappa shape index (κ3) is 2.86. The monoisotopic (exact) mass is 309 g/mol. The summed E-state index contributed by atoms with van der Waals surface area (Å²) in [5.41, 5.74) is 6.54. The molecule has 6 heteroatoms. The largest absolute Gasteiger partial charge is 0.444 e. The summed E-state index contributed by atoms with van der Waals surface area (Å²) in [6.45, 7) is 6.51. The molecule has 2 unspecified atom stereocenters. The Balaban J connectivity index is 1.82. The topological polar surface area (TPSA) is 68.5 Å². The van der Waals surface area contributed by atoms with Crippen molar-refractivity contribution in [1.82, 2.24) is 9.88 Å². The van der Waals surface area contributed by atoms with Gasteiger partial charge in [0.15, 0.2) is 5.13 Å². The molecule has 1 aliphatic heterocycles. The molecule has 1 amide bonds. The van der Waals surface area contributed by atoms with Crippen LogP contribution in [0, 0.1) is 0 Å². The fourth-order valence-corrected chi connectivity index (χ4v) is 4.33. The fourth-order valence-electron chi connectivity index (χ4n) is 3.41. The summed E-state index contributed by atoms with van der Waals surface area (Å²) >= 11 is 1.60. The van der Waals surface area contributed by atoms with Crippen molar-refractivity contribution in [3.8, 4) is 0 Å². The van der Waals surface area contributed by atoms with Crippen molar-refractivity contribution >= 4 is 22.6 Å². The standard InChI is InChI=1S/C15H23N3O2S/c1-15(2,3)20-14(19)18-8-4-5-9-10(18)6-7-11-12(9)17-13(16)21-11/h9-10H,4-8H2,1-3H3,(H2,16,17). The number of aryl methyl sites for hydroxylation is 1. The number of hydrogen-bond donors (Lipinski definition) is 1. The Hall–Kier alpha value is -1.30. The lowest BCUT2D eigenvalue weighted by molar-refractivity contribution is 0.00408. The summed E-state index contributed by atoms with van der Waals surface area (Å²) in [7, 11) is 0. The maximum atomic E-state index is 12.4. The van der Waals surface area contributed by atoms with Crippen LogP contribution in [0.3, 0.4) is 0 Å². The molecule has 21 heavy (non-hydrogen) atoms. The molecular formula is C15H23N3O2S. The van der Waals surface area contributed by atoms with Gasteiger partial charge in [-0.2, -0.15) is 0 Å². The smallest absolute Gasteiger partial charge is 0.410 e. The second-order valence-electron chi connectivity index (χ2n) is 6.89. The number of carbonyl (C=O) groups excluding carboxylic acids is 1. The number of hydrogen-bond acceptors (Lipinski definition) is 5. The van der Waals surface area contributed by atoms with Crippen molar-refractivity contribution in [3.05, 3.63) is 10.6 Å². The third-order valence-electron chi connectivity index (χ3n) is 4.17. The van der Waals surface area contributed by atoms with Crippen LogP contribution in [0.1, 0.15) is 56.5 Å². The van der Waals surface area contributed by atoms with E-state index in [1.807, 2.05) is 25.7 Å². The summed E-state index contributed by atoms with van der Waals surface area (Å²) in [6, 6.07) is 0.211. The van der Waals surface area contributed by atoms with Crippen LogP contribution in [-0.4, -0.2) is 34.2 Å². The number of ether oxygens (including phenoxy) is 1. The lowest BCUT2D eigenvalue weighted by Crippen LogP contribution is -2.50. The number of rotatable bonds is 0. The number of amides is 1. The van der Waals surface area contributed by atoms with Crippen molar-refractivity contribution < 1.29 is 9.53 Å². The molecule has 2 heterocycles. The van der Waals surface area contributed by atoms with E-state index in [2.05, 4.69) is 4.98 Å². The summed E-state index contributed by atoms with van der Waals surface area (Å²) in [5, 5.41) is 0.648. The highest BCUT2D eigenvalue weighted by Crippen LogP contribution is 2.43. The number of fused-ring (bicyclic) bond motifs is 3. The molecule has 1 aromatic heterocycles. The molecule has 1 saturated heterocycles. The Morgan fingerprint density at radius 2 is 2.19 bits per heavy atom. The zero-order valence-electron chi connectivity index (χ0n) is 12.9. The molecule has 1 fully saturated rings. The minimum Gasteiger partial charge on any atom is -0.444 e. The molecule has 2 N–H and O–H groups in total. The molecule has 0 bridgehead atoms. The molecular weight excluding hydrogens is 286 g/mol. The van der Waals surface area contributed by atoms with Crippen LogP contribution in [0.5, 0.6) is 0 Å². The van der Waals surface area contributed by atoms with Gasteiger partial charge in [-0.05, 0) is 46.5 Å². The van der Waals surface area contributed by atoms with Gasteiger partial charge in [-0.25, -0.2) is 9.78 Å². The van der Waals surface area contributed by atoms with Crippen LogP contribution >= 0.6 is 11.3 Å². The summed E-state index contributed by atoms with van der Waals surface area (Å²) in [4.78, 5) is 20.2. The van der Waals surface area contributed by atoms with Crippen LogP contribution in [0.2, 0.25) is 0 Å². The number of nitrogens with two attached hydrogens (primary N) is 1.